The van der Waals surface area contributed by atoms with Crippen molar-refractivity contribution in [2.45, 2.75) is 0 Å². The zero-order chi connectivity index (χ0) is 9.42. The fourth-order valence-electron chi connectivity index (χ4n) is 1.10. The molecule has 0 fully saturated rings. The Kier molecular flexibility index (Phi) is 2.19. The zero-order valence-corrected chi connectivity index (χ0v) is 8.62. The van der Waals surface area contributed by atoms with Crippen LogP contribution in [0.25, 0.3) is 10.9 Å². The number of nitrogens with zero attached hydrogens (tertiary/aromatic N) is 2. The summed E-state index contributed by atoms with van der Waals surface area (Å²) in [6, 6.07) is 2.90. The summed E-state index contributed by atoms with van der Waals surface area (Å²) >= 11 is 1.93. The second-order valence-electron chi connectivity index (χ2n) is 2.58. The third-order valence-corrected chi connectivity index (χ3v) is 2.15. The standard InChI is InChI=1S/C8H3BFIN2/c9-5-1-4-3-12-8(11)13-7(4)6(10)2-5/h1-3H. The molecule has 0 saturated carbocycles. The summed E-state index contributed by atoms with van der Waals surface area (Å²) in [7, 11) is 5.47. The lowest BCUT2D eigenvalue weighted by molar-refractivity contribution is 0.637. The molecular formula is C8H3BFIN2. The van der Waals surface area contributed by atoms with E-state index in [2.05, 4.69) is 9.97 Å². The van der Waals surface area contributed by atoms with E-state index in [-0.39, 0.29) is 0 Å². The van der Waals surface area contributed by atoms with E-state index in [0.29, 0.717) is 20.2 Å². The molecule has 0 unspecified atom stereocenters. The molecule has 62 valence electrons. The lowest BCUT2D eigenvalue weighted by Crippen LogP contribution is -2.04. The number of rotatable bonds is 0. The van der Waals surface area contributed by atoms with Gasteiger partial charge in [0.05, 0.1) is 0 Å². The summed E-state index contributed by atoms with van der Waals surface area (Å²) in [5, 5.41) is 0.623. The van der Waals surface area contributed by atoms with Gasteiger partial charge in [0, 0.05) is 34.2 Å². The minimum Gasteiger partial charge on any atom is -0.231 e. The van der Waals surface area contributed by atoms with Gasteiger partial charge in [-0.25, -0.2) is 14.4 Å². The molecule has 0 aliphatic rings. The molecule has 0 aliphatic heterocycles. The Balaban J connectivity index is 2.87. The molecule has 0 N–H and O–H groups in total. The van der Waals surface area contributed by atoms with Gasteiger partial charge in [-0.15, -0.1) is 0 Å². The summed E-state index contributed by atoms with van der Waals surface area (Å²) in [4.78, 5) is 7.90. The van der Waals surface area contributed by atoms with Crippen molar-refractivity contribution < 1.29 is 4.39 Å². The van der Waals surface area contributed by atoms with Crippen LogP contribution in [0.2, 0.25) is 0 Å². The molecule has 2 rings (SSSR count). The Hall–Kier alpha value is -0.715. The van der Waals surface area contributed by atoms with E-state index in [9.17, 15) is 4.39 Å². The molecule has 0 saturated heterocycles. The highest BCUT2D eigenvalue weighted by Gasteiger charge is 2.03. The zero-order valence-electron chi connectivity index (χ0n) is 6.46. The van der Waals surface area contributed by atoms with Crippen molar-refractivity contribution in [3.63, 3.8) is 0 Å². The predicted octanol–water partition coefficient (Wildman–Crippen LogP) is 1.17. The molecule has 0 aliphatic carbocycles. The van der Waals surface area contributed by atoms with Gasteiger partial charge < -0.3 is 0 Å². The molecule has 2 radical (unpaired) electrons. The Morgan fingerprint density at radius 2 is 2.15 bits per heavy atom. The number of halogens is 2. The molecule has 2 nitrogen and oxygen atoms in total. The van der Waals surface area contributed by atoms with Crippen LogP contribution in [0.3, 0.4) is 0 Å². The molecule has 0 spiro atoms. The largest absolute Gasteiger partial charge is 0.231 e. The molecule has 1 aromatic heterocycles. The Morgan fingerprint density at radius 1 is 1.38 bits per heavy atom. The van der Waals surface area contributed by atoms with Crippen LogP contribution in [-0.2, 0) is 0 Å². The van der Waals surface area contributed by atoms with Gasteiger partial charge in [0.25, 0.3) is 0 Å². The van der Waals surface area contributed by atoms with Crippen molar-refractivity contribution in [1.82, 2.24) is 9.97 Å². The van der Waals surface area contributed by atoms with Crippen molar-refractivity contribution in [3.8, 4) is 0 Å². The van der Waals surface area contributed by atoms with Crippen LogP contribution in [0.4, 0.5) is 4.39 Å². The second kappa shape index (κ2) is 3.21. The van der Waals surface area contributed by atoms with Gasteiger partial charge in [-0.05, 0) is 6.07 Å². The van der Waals surface area contributed by atoms with E-state index in [0.717, 1.165) is 0 Å². The number of benzene rings is 1. The van der Waals surface area contributed by atoms with Crippen molar-refractivity contribution >= 4 is 46.8 Å². The van der Waals surface area contributed by atoms with E-state index in [1.165, 1.54) is 6.07 Å². The van der Waals surface area contributed by atoms with Crippen molar-refractivity contribution in [1.29, 1.82) is 0 Å². The summed E-state index contributed by atoms with van der Waals surface area (Å²) in [5.74, 6) is -0.407. The summed E-state index contributed by atoms with van der Waals surface area (Å²) in [6.45, 7) is 0. The van der Waals surface area contributed by atoms with Crippen LogP contribution in [0.5, 0.6) is 0 Å². The first-order valence-electron chi connectivity index (χ1n) is 3.54. The van der Waals surface area contributed by atoms with Crippen LogP contribution in [0.1, 0.15) is 0 Å². The minimum absolute atomic E-state index is 0.314. The van der Waals surface area contributed by atoms with Gasteiger partial charge in [0.1, 0.15) is 19.2 Å². The Bertz CT molecular complexity index is 475. The lowest BCUT2D eigenvalue weighted by atomic mass is 9.95. The number of fused-ring (bicyclic) bond motifs is 1. The van der Waals surface area contributed by atoms with E-state index in [1.807, 2.05) is 22.6 Å². The quantitative estimate of drug-likeness (QED) is 0.412. The lowest BCUT2D eigenvalue weighted by Gasteiger charge is -2.00. The Labute approximate surface area is 89.1 Å². The molecule has 13 heavy (non-hydrogen) atoms. The van der Waals surface area contributed by atoms with Crippen molar-refractivity contribution in [2.75, 3.05) is 0 Å². The highest BCUT2D eigenvalue weighted by atomic mass is 127. The maximum absolute atomic E-state index is 13.3. The van der Waals surface area contributed by atoms with Gasteiger partial charge in [-0.1, -0.05) is 11.5 Å². The first-order valence-corrected chi connectivity index (χ1v) is 4.62. The predicted molar refractivity (Wildman–Crippen MR) is 57.6 cm³/mol. The third kappa shape index (κ3) is 1.65. The van der Waals surface area contributed by atoms with Gasteiger partial charge in [-0.2, -0.15) is 0 Å². The van der Waals surface area contributed by atoms with Crippen LogP contribution < -0.4 is 5.46 Å². The van der Waals surface area contributed by atoms with Crippen molar-refractivity contribution in [2.24, 2.45) is 0 Å². The van der Waals surface area contributed by atoms with Gasteiger partial charge in [-0.3, -0.25) is 0 Å². The van der Waals surface area contributed by atoms with Gasteiger partial charge in [0.2, 0.25) is 0 Å². The molecule has 5 heteroatoms. The van der Waals surface area contributed by atoms with E-state index in [4.69, 9.17) is 7.85 Å². The average molecular weight is 284 g/mol. The number of hydrogen-bond donors (Lipinski definition) is 0. The molecule has 0 atom stereocenters. The summed E-state index contributed by atoms with van der Waals surface area (Å²) in [5.41, 5.74) is 0.698. The first kappa shape index (κ1) is 8.86. The SMILES string of the molecule is [B]c1cc(F)c2nc(I)ncc2c1. The van der Waals surface area contributed by atoms with Crippen molar-refractivity contribution in [3.05, 3.63) is 28.0 Å². The van der Waals surface area contributed by atoms with E-state index >= 15 is 0 Å². The highest BCUT2D eigenvalue weighted by Crippen LogP contribution is 2.13. The maximum Gasteiger partial charge on any atom is 0.191 e. The van der Waals surface area contributed by atoms with Crippen LogP contribution in [0, 0.1) is 9.65 Å². The van der Waals surface area contributed by atoms with E-state index in [1.54, 1.807) is 12.3 Å². The molecule has 0 amide bonds. The summed E-state index contributed by atoms with van der Waals surface area (Å²) < 4.78 is 13.8. The fraction of sp³-hybridized carbons (Fsp3) is 0. The number of hydrogen-bond acceptors (Lipinski definition) is 2. The van der Waals surface area contributed by atoms with Crippen LogP contribution in [0.15, 0.2) is 18.3 Å². The smallest absolute Gasteiger partial charge is 0.191 e. The monoisotopic (exact) mass is 284 g/mol. The first-order chi connectivity index (χ1) is 6.16. The van der Waals surface area contributed by atoms with E-state index < -0.39 is 5.82 Å². The van der Waals surface area contributed by atoms with Gasteiger partial charge in [0.15, 0.2) is 3.83 Å². The van der Waals surface area contributed by atoms with Gasteiger partial charge >= 0.3 is 0 Å². The molecule has 2 aromatic rings. The second-order valence-corrected chi connectivity index (χ2v) is 3.54. The Morgan fingerprint density at radius 3 is 2.92 bits per heavy atom. The maximum atomic E-state index is 13.3. The molecule has 1 aromatic carbocycles. The average Bonchev–Trinajstić information content (AvgIpc) is 2.06. The minimum atomic E-state index is -0.407. The molecule has 0 bridgehead atoms. The number of aromatic nitrogens is 2. The van der Waals surface area contributed by atoms with Crippen LogP contribution in [-0.4, -0.2) is 17.8 Å². The summed E-state index contributed by atoms with van der Waals surface area (Å²) in [6.07, 6.45) is 1.56. The third-order valence-electron chi connectivity index (χ3n) is 1.63. The normalized spacial score (nSPS) is 10.6. The molecular weight excluding hydrogens is 281 g/mol. The topological polar surface area (TPSA) is 25.8 Å². The molecule has 1 heterocycles. The van der Waals surface area contributed by atoms with Crippen LogP contribution >= 0.6 is 22.6 Å². The fourth-order valence-corrected chi connectivity index (χ4v) is 1.48. The highest BCUT2D eigenvalue weighted by molar-refractivity contribution is 14.1.